The molecule has 1 aliphatic rings. The van der Waals surface area contributed by atoms with Gasteiger partial charge in [0.2, 0.25) is 0 Å². The Kier molecular flexibility index (Phi) is 7.13. The van der Waals surface area contributed by atoms with Crippen LogP contribution in [0.4, 0.5) is 0 Å². The largest absolute Gasteiger partial charge is 0.507 e. The molecule has 0 amide bonds. The Bertz CT molecular complexity index is 634. The molecule has 2 rings (SSSR count). The Morgan fingerprint density at radius 3 is 2.76 bits per heavy atom. The first-order chi connectivity index (χ1) is 12.0. The monoisotopic (exact) mass is 367 g/mol. The second-order valence-electron chi connectivity index (χ2n) is 6.14. The van der Waals surface area contributed by atoms with E-state index in [9.17, 15) is 9.90 Å². The molecule has 1 aromatic carbocycles. The number of aliphatic imine (C=N–C) groups is 1. The van der Waals surface area contributed by atoms with Gasteiger partial charge in [-0.05, 0) is 38.3 Å². The summed E-state index contributed by atoms with van der Waals surface area (Å²) in [6.45, 7) is 2.53. The van der Waals surface area contributed by atoms with Crippen molar-refractivity contribution in [1.82, 2.24) is 0 Å². The van der Waals surface area contributed by atoms with E-state index in [0.717, 1.165) is 25.7 Å². The molecule has 0 radical (unpaired) electrons. The Balaban J connectivity index is 1.96. The van der Waals surface area contributed by atoms with Crippen LogP contribution in [0.2, 0.25) is 0 Å². The van der Waals surface area contributed by atoms with Crippen molar-refractivity contribution in [2.45, 2.75) is 38.1 Å². The molecule has 6 nitrogen and oxygen atoms in total. The number of methoxy groups -OCH3 is 1. The highest BCUT2D eigenvalue weighted by Crippen LogP contribution is 2.35. The average Bonchev–Trinajstić information content (AvgIpc) is 3.00. The van der Waals surface area contributed by atoms with Crippen LogP contribution < -0.4 is 4.74 Å². The summed E-state index contributed by atoms with van der Waals surface area (Å²) in [5, 5.41) is 19.6. The first-order valence-corrected chi connectivity index (χ1v) is 9.37. The van der Waals surface area contributed by atoms with E-state index < -0.39 is 5.54 Å². The van der Waals surface area contributed by atoms with Gasteiger partial charge in [0.1, 0.15) is 16.5 Å². The van der Waals surface area contributed by atoms with Crippen LogP contribution in [0.1, 0.15) is 38.2 Å². The average molecular weight is 367 g/mol. The molecular weight excluding hydrogens is 342 g/mol. The van der Waals surface area contributed by atoms with Crippen molar-refractivity contribution < 1.29 is 24.5 Å². The number of phenols is 1. The lowest BCUT2D eigenvalue weighted by atomic mass is 10.1. The Hall–Kier alpha value is -1.73. The van der Waals surface area contributed by atoms with Crippen molar-refractivity contribution in [3.63, 3.8) is 0 Å². The number of aromatic hydroxyl groups is 1. The minimum atomic E-state index is -0.912. The van der Waals surface area contributed by atoms with Crippen molar-refractivity contribution >= 4 is 22.8 Å². The van der Waals surface area contributed by atoms with Crippen LogP contribution in [-0.4, -0.2) is 52.8 Å². The molecule has 0 fully saturated rings. The van der Waals surface area contributed by atoms with Gasteiger partial charge in [-0.3, -0.25) is 4.99 Å². The fourth-order valence-corrected chi connectivity index (χ4v) is 3.69. The molecule has 0 aromatic heterocycles. The van der Waals surface area contributed by atoms with Crippen LogP contribution in [0.15, 0.2) is 23.2 Å². The second kappa shape index (κ2) is 9.10. The summed E-state index contributed by atoms with van der Waals surface area (Å²) >= 11 is 1.42. The number of nitrogens with zero attached hydrogens (tertiary/aromatic N) is 1. The van der Waals surface area contributed by atoms with Crippen molar-refractivity contribution in [1.29, 1.82) is 0 Å². The number of thioether (sulfide) groups is 1. The van der Waals surface area contributed by atoms with Crippen LogP contribution in [0, 0.1) is 0 Å². The fourth-order valence-electron chi connectivity index (χ4n) is 2.50. The van der Waals surface area contributed by atoms with E-state index in [0.29, 0.717) is 28.7 Å². The quantitative estimate of drug-likeness (QED) is 0.515. The van der Waals surface area contributed by atoms with Gasteiger partial charge < -0.3 is 19.7 Å². The van der Waals surface area contributed by atoms with Gasteiger partial charge in [-0.15, -0.1) is 11.8 Å². The first kappa shape index (κ1) is 19.6. The number of benzene rings is 1. The highest BCUT2D eigenvalue weighted by Gasteiger charge is 2.40. The number of phenolic OH excluding ortho intramolecular Hbond substituents is 1. The lowest BCUT2D eigenvalue weighted by Gasteiger charge is -2.15. The Labute approximate surface area is 152 Å². The SMILES string of the molecule is COC(=O)[C@@]1(C)CSC(c2ccc(OCCCCCCO)cc2O)=N1. The van der Waals surface area contributed by atoms with E-state index in [2.05, 4.69) is 4.99 Å². The maximum Gasteiger partial charge on any atom is 0.334 e. The standard InChI is InChI=1S/C18H25NO5S/c1-18(17(22)23-2)12-25-16(19-18)14-8-7-13(11-15(14)21)24-10-6-4-3-5-9-20/h7-8,11,20-21H,3-6,9-10,12H2,1-2H3/t18-/m1/s1. The number of rotatable bonds is 9. The summed E-state index contributed by atoms with van der Waals surface area (Å²) in [6, 6.07) is 5.12. The molecule has 0 spiro atoms. The van der Waals surface area contributed by atoms with Crippen LogP contribution >= 0.6 is 11.8 Å². The highest BCUT2D eigenvalue weighted by molar-refractivity contribution is 8.14. The van der Waals surface area contributed by atoms with Crippen LogP contribution in [0.25, 0.3) is 0 Å². The van der Waals surface area contributed by atoms with E-state index in [1.54, 1.807) is 25.1 Å². The Morgan fingerprint density at radius 1 is 1.32 bits per heavy atom. The van der Waals surface area contributed by atoms with Gasteiger partial charge >= 0.3 is 5.97 Å². The molecule has 1 aliphatic heterocycles. The Morgan fingerprint density at radius 2 is 2.08 bits per heavy atom. The zero-order chi connectivity index (χ0) is 18.3. The predicted octanol–water partition coefficient (Wildman–Crippen LogP) is 2.75. The van der Waals surface area contributed by atoms with E-state index in [1.165, 1.54) is 18.9 Å². The molecule has 1 aromatic rings. The van der Waals surface area contributed by atoms with Crippen molar-refractivity contribution in [2.24, 2.45) is 4.99 Å². The number of aliphatic hydroxyl groups is 1. The summed E-state index contributed by atoms with van der Waals surface area (Å²) in [6.07, 6.45) is 3.71. The number of unbranched alkanes of at least 4 members (excludes halogenated alkanes) is 3. The molecule has 0 aliphatic carbocycles. The van der Waals surface area contributed by atoms with E-state index in [4.69, 9.17) is 14.6 Å². The summed E-state index contributed by atoms with van der Waals surface area (Å²) in [5.74, 6) is 0.789. The topological polar surface area (TPSA) is 88.4 Å². The molecule has 0 saturated heterocycles. The van der Waals surface area contributed by atoms with Gasteiger partial charge in [-0.25, -0.2) is 4.79 Å². The smallest absolute Gasteiger partial charge is 0.334 e. The normalized spacial score (nSPS) is 19.6. The number of carbonyl (C=O) groups is 1. The van der Waals surface area contributed by atoms with Crippen LogP contribution in [0.5, 0.6) is 11.5 Å². The minimum absolute atomic E-state index is 0.0816. The summed E-state index contributed by atoms with van der Waals surface area (Å²) in [4.78, 5) is 16.3. The van der Waals surface area contributed by atoms with Gasteiger partial charge in [0, 0.05) is 24.0 Å². The zero-order valence-electron chi connectivity index (χ0n) is 14.7. The maximum atomic E-state index is 11.8. The van der Waals surface area contributed by atoms with Crippen molar-refractivity contribution in [2.75, 3.05) is 26.1 Å². The minimum Gasteiger partial charge on any atom is -0.507 e. The molecule has 2 N–H and O–H groups in total. The van der Waals surface area contributed by atoms with E-state index in [-0.39, 0.29) is 18.3 Å². The molecule has 0 saturated carbocycles. The van der Waals surface area contributed by atoms with Crippen molar-refractivity contribution in [3.8, 4) is 11.5 Å². The highest BCUT2D eigenvalue weighted by atomic mass is 32.2. The van der Waals surface area contributed by atoms with Crippen LogP contribution in [-0.2, 0) is 9.53 Å². The van der Waals surface area contributed by atoms with Crippen LogP contribution in [0.3, 0.4) is 0 Å². The third-order valence-corrected chi connectivity index (χ3v) is 5.28. The predicted molar refractivity (Wildman–Crippen MR) is 98.6 cm³/mol. The molecule has 0 bridgehead atoms. The van der Waals surface area contributed by atoms with E-state index >= 15 is 0 Å². The van der Waals surface area contributed by atoms with Gasteiger partial charge in [0.15, 0.2) is 5.54 Å². The lowest BCUT2D eigenvalue weighted by Crippen LogP contribution is -2.34. The lowest BCUT2D eigenvalue weighted by molar-refractivity contribution is -0.145. The molecule has 1 atom stereocenters. The molecule has 1 heterocycles. The van der Waals surface area contributed by atoms with Gasteiger partial charge in [-0.1, -0.05) is 6.42 Å². The molecule has 0 unspecified atom stereocenters. The number of hydrogen-bond donors (Lipinski definition) is 2. The van der Waals surface area contributed by atoms with Gasteiger partial charge in [0.05, 0.1) is 13.7 Å². The number of aliphatic hydroxyl groups excluding tert-OH is 1. The summed E-state index contributed by atoms with van der Waals surface area (Å²) in [7, 11) is 1.35. The van der Waals surface area contributed by atoms with Gasteiger partial charge in [-0.2, -0.15) is 0 Å². The number of esters is 1. The number of carbonyl (C=O) groups excluding carboxylic acids is 1. The van der Waals surface area contributed by atoms with E-state index in [1.807, 2.05) is 0 Å². The molecule has 25 heavy (non-hydrogen) atoms. The third kappa shape index (κ3) is 5.12. The first-order valence-electron chi connectivity index (χ1n) is 8.38. The number of hydrogen-bond acceptors (Lipinski definition) is 7. The maximum absolute atomic E-state index is 11.8. The molecule has 7 heteroatoms. The summed E-state index contributed by atoms with van der Waals surface area (Å²) < 4.78 is 10.4. The third-order valence-electron chi connectivity index (χ3n) is 3.98. The number of ether oxygens (including phenoxy) is 2. The molecule has 138 valence electrons. The summed E-state index contributed by atoms with van der Waals surface area (Å²) in [5.41, 5.74) is -0.321. The molecular formula is C18H25NO5S. The second-order valence-corrected chi connectivity index (χ2v) is 7.10. The fraction of sp³-hybridized carbons (Fsp3) is 0.556. The van der Waals surface area contributed by atoms with Crippen molar-refractivity contribution in [3.05, 3.63) is 23.8 Å². The zero-order valence-corrected chi connectivity index (χ0v) is 15.5. The van der Waals surface area contributed by atoms with Gasteiger partial charge in [0.25, 0.3) is 0 Å².